The fourth-order valence-corrected chi connectivity index (χ4v) is 5.68. The lowest BCUT2D eigenvalue weighted by atomic mass is 10.0. The topological polar surface area (TPSA) is 73.3 Å². The van der Waals surface area contributed by atoms with Crippen LogP contribution in [-0.2, 0) is 0 Å². The lowest BCUT2D eigenvalue weighted by molar-refractivity contribution is 0.292. The summed E-state index contributed by atoms with van der Waals surface area (Å²) < 4.78 is 15.0. The molecule has 0 amide bonds. The maximum Gasteiger partial charge on any atom is 0.227 e. The largest absolute Gasteiger partial charge is 0.363 e. The van der Waals surface area contributed by atoms with Crippen LogP contribution in [0.1, 0.15) is 26.2 Å². The van der Waals surface area contributed by atoms with E-state index in [1.54, 1.807) is 18.5 Å². The molecule has 6 rings (SSSR count). The first-order chi connectivity index (χ1) is 17.0. The highest BCUT2D eigenvalue weighted by molar-refractivity contribution is 5.63. The van der Waals surface area contributed by atoms with Crippen LogP contribution in [0.5, 0.6) is 0 Å². The molecule has 182 valence electrons. The second-order valence-corrected chi connectivity index (χ2v) is 10.1. The summed E-state index contributed by atoms with van der Waals surface area (Å²) in [5.74, 6) is 1.75. The SMILES string of the molecule is CC1CCCN(c2cnc(-c3ccnc(Nc4ccc(N5CC6CC5CN6C)c(F)c4)n3)cn2)C1. The number of likely N-dealkylation sites (N-methyl/N-ethyl adjacent to an activating group) is 1. The van der Waals surface area contributed by atoms with Crippen molar-refractivity contribution in [3.63, 3.8) is 0 Å². The third-order valence-electron chi connectivity index (χ3n) is 7.56. The smallest absolute Gasteiger partial charge is 0.227 e. The van der Waals surface area contributed by atoms with Crippen LogP contribution in [0.15, 0.2) is 42.9 Å². The van der Waals surface area contributed by atoms with Gasteiger partial charge in [-0.25, -0.2) is 24.3 Å². The molecule has 1 N–H and O–H groups in total. The van der Waals surface area contributed by atoms with Gasteiger partial charge in [0.2, 0.25) is 5.95 Å². The maximum atomic E-state index is 15.0. The van der Waals surface area contributed by atoms with Gasteiger partial charge < -0.3 is 15.1 Å². The van der Waals surface area contributed by atoms with E-state index in [2.05, 4.69) is 53.9 Å². The average Bonchev–Trinajstić information content (AvgIpc) is 3.44. The Balaban J connectivity index is 1.15. The minimum atomic E-state index is -0.227. The molecule has 5 heterocycles. The molecular formula is C26H31FN8. The van der Waals surface area contributed by atoms with E-state index in [-0.39, 0.29) is 5.82 Å². The quantitative estimate of drug-likeness (QED) is 0.596. The summed E-state index contributed by atoms with van der Waals surface area (Å²) in [5, 5.41) is 3.14. The van der Waals surface area contributed by atoms with Gasteiger partial charge in [0.05, 0.1) is 23.8 Å². The Morgan fingerprint density at radius 2 is 1.91 bits per heavy atom. The molecule has 9 heteroatoms. The van der Waals surface area contributed by atoms with Gasteiger partial charge in [-0.3, -0.25) is 4.90 Å². The summed E-state index contributed by atoms with van der Waals surface area (Å²) in [6.07, 6.45) is 8.81. The minimum Gasteiger partial charge on any atom is -0.363 e. The Morgan fingerprint density at radius 1 is 1.00 bits per heavy atom. The summed E-state index contributed by atoms with van der Waals surface area (Å²) >= 11 is 0. The molecule has 3 fully saturated rings. The van der Waals surface area contributed by atoms with Crippen molar-refractivity contribution in [2.24, 2.45) is 5.92 Å². The highest BCUT2D eigenvalue weighted by atomic mass is 19.1. The van der Waals surface area contributed by atoms with Crippen LogP contribution in [0.25, 0.3) is 11.4 Å². The molecule has 2 bridgehead atoms. The van der Waals surface area contributed by atoms with E-state index in [4.69, 9.17) is 0 Å². The van der Waals surface area contributed by atoms with E-state index >= 15 is 4.39 Å². The number of nitrogens with one attached hydrogen (secondary N) is 1. The zero-order chi connectivity index (χ0) is 23.9. The van der Waals surface area contributed by atoms with Gasteiger partial charge in [0, 0.05) is 50.1 Å². The molecule has 0 saturated carbocycles. The molecule has 3 atom stereocenters. The average molecular weight is 475 g/mol. The molecule has 8 nitrogen and oxygen atoms in total. The third-order valence-corrected chi connectivity index (χ3v) is 7.56. The predicted octanol–water partition coefficient (Wildman–Crippen LogP) is 3.95. The van der Waals surface area contributed by atoms with Crippen molar-refractivity contribution in [3.05, 3.63) is 48.7 Å². The molecule has 3 aliphatic rings. The molecular weight excluding hydrogens is 443 g/mol. The highest BCUT2D eigenvalue weighted by Gasteiger charge is 2.42. The van der Waals surface area contributed by atoms with E-state index in [0.29, 0.717) is 46.7 Å². The minimum absolute atomic E-state index is 0.227. The number of nitrogens with zero attached hydrogens (tertiary/aromatic N) is 7. The number of hydrogen-bond donors (Lipinski definition) is 1. The summed E-state index contributed by atoms with van der Waals surface area (Å²) in [6.45, 7) is 6.18. The van der Waals surface area contributed by atoms with Gasteiger partial charge in [-0.05, 0) is 56.5 Å². The first-order valence-electron chi connectivity index (χ1n) is 12.5. The van der Waals surface area contributed by atoms with Gasteiger partial charge in [0.15, 0.2) is 0 Å². The molecule has 1 aromatic carbocycles. The van der Waals surface area contributed by atoms with E-state index < -0.39 is 0 Å². The van der Waals surface area contributed by atoms with Gasteiger partial charge in [-0.15, -0.1) is 0 Å². The summed E-state index contributed by atoms with van der Waals surface area (Å²) in [5.41, 5.74) is 2.64. The van der Waals surface area contributed by atoms with Crippen LogP contribution in [-0.4, -0.2) is 70.1 Å². The first kappa shape index (κ1) is 22.2. The van der Waals surface area contributed by atoms with E-state index in [0.717, 1.165) is 38.4 Å². The number of hydrogen-bond acceptors (Lipinski definition) is 8. The molecule has 35 heavy (non-hydrogen) atoms. The van der Waals surface area contributed by atoms with Crippen molar-refractivity contribution in [2.45, 2.75) is 38.3 Å². The van der Waals surface area contributed by atoms with E-state index in [9.17, 15) is 0 Å². The van der Waals surface area contributed by atoms with Gasteiger partial charge in [0.1, 0.15) is 17.3 Å². The van der Waals surface area contributed by atoms with Crippen LogP contribution >= 0.6 is 0 Å². The predicted molar refractivity (Wildman–Crippen MR) is 136 cm³/mol. The number of piperidine rings is 1. The number of fused-ring (bicyclic) bond motifs is 2. The van der Waals surface area contributed by atoms with Crippen LogP contribution in [0.2, 0.25) is 0 Å². The summed E-state index contributed by atoms with van der Waals surface area (Å²) in [6, 6.07) is 7.99. The molecule has 3 unspecified atom stereocenters. The van der Waals surface area contributed by atoms with E-state index in [1.165, 1.54) is 18.9 Å². The van der Waals surface area contributed by atoms with Crippen molar-refractivity contribution in [1.82, 2.24) is 24.8 Å². The van der Waals surface area contributed by atoms with Gasteiger partial charge in [-0.2, -0.15) is 0 Å². The molecule has 2 aromatic heterocycles. The zero-order valence-electron chi connectivity index (χ0n) is 20.2. The van der Waals surface area contributed by atoms with Crippen molar-refractivity contribution < 1.29 is 4.39 Å². The highest BCUT2D eigenvalue weighted by Crippen LogP contribution is 2.36. The second-order valence-electron chi connectivity index (χ2n) is 10.1. The molecule has 3 aromatic rings. The lowest BCUT2D eigenvalue weighted by Crippen LogP contribution is -2.44. The maximum absolute atomic E-state index is 15.0. The third kappa shape index (κ3) is 4.40. The summed E-state index contributed by atoms with van der Waals surface area (Å²) in [4.78, 5) is 25.0. The normalized spacial score (nSPS) is 24.3. The van der Waals surface area contributed by atoms with Crippen molar-refractivity contribution in [2.75, 3.05) is 48.3 Å². The number of aromatic nitrogens is 4. The molecule has 0 aliphatic carbocycles. The number of halogens is 1. The Labute approximate surface area is 205 Å². The van der Waals surface area contributed by atoms with Crippen LogP contribution in [0, 0.1) is 11.7 Å². The van der Waals surface area contributed by atoms with Crippen LogP contribution < -0.4 is 15.1 Å². The first-order valence-corrected chi connectivity index (χ1v) is 12.5. The lowest BCUT2D eigenvalue weighted by Gasteiger charge is -2.33. The fourth-order valence-electron chi connectivity index (χ4n) is 5.68. The summed E-state index contributed by atoms with van der Waals surface area (Å²) in [7, 11) is 2.15. The number of anilines is 4. The number of piperazine rings is 1. The van der Waals surface area contributed by atoms with Gasteiger partial charge in [0.25, 0.3) is 0 Å². The number of rotatable bonds is 5. The Bertz CT molecular complexity index is 1200. The number of likely N-dealkylation sites (tertiary alicyclic amines) is 1. The molecule has 0 spiro atoms. The van der Waals surface area contributed by atoms with Crippen LogP contribution in [0.4, 0.5) is 27.5 Å². The van der Waals surface area contributed by atoms with Crippen molar-refractivity contribution >= 4 is 23.1 Å². The molecule has 3 saturated heterocycles. The van der Waals surface area contributed by atoms with Crippen LogP contribution in [0.3, 0.4) is 0 Å². The van der Waals surface area contributed by atoms with E-state index in [1.807, 2.05) is 18.3 Å². The van der Waals surface area contributed by atoms with Crippen molar-refractivity contribution in [3.8, 4) is 11.4 Å². The second kappa shape index (κ2) is 9.03. The zero-order valence-corrected chi connectivity index (χ0v) is 20.2. The standard InChI is InChI=1S/C26H31FN8/c1-17-4-3-9-34(14-17)25-13-29-23(12-30-25)22-7-8-28-26(32-22)31-18-5-6-24(21(27)10-18)35-16-19-11-20(35)15-33(19)2/h5-8,10,12-13,17,19-20H,3-4,9,11,14-16H2,1-2H3,(H,28,31,32). The van der Waals surface area contributed by atoms with Crippen molar-refractivity contribution in [1.29, 1.82) is 0 Å². The molecule has 0 radical (unpaired) electrons. The number of benzene rings is 1. The van der Waals surface area contributed by atoms with Gasteiger partial charge >= 0.3 is 0 Å². The monoisotopic (exact) mass is 474 g/mol. The Morgan fingerprint density at radius 3 is 2.63 bits per heavy atom. The molecule has 3 aliphatic heterocycles. The fraction of sp³-hybridized carbons (Fsp3) is 0.462. The van der Waals surface area contributed by atoms with Gasteiger partial charge in [-0.1, -0.05) is 6.92 Å². The Kier molecular flexibility index (Phi) is 5.72. The Hall–Kier alpha value is -3.33.